The van der Waals surface area contributed by atoms with Gasteiger partial charge < -0.3 is 14.7 Å². The van der Waals surface area contributed by atoms with Gasteiger partial charge in [-0.05, 0) is 26.3 Å². The number of β-lactam (4-membered cyclic amide) rings is 1. The average Bonchev–Trinajstić information content (AvgIpc) is 2.67. The zero-order valence-electron chi connectivity index (χ0n) is 14.2. The molecule has 0 bridgehead atoms. The van der Waals surface area contributed by atoms with Gasteiger partial charge in [0.15, 0.2) is 9.84 Å². The fourth-order valence-electron chi connectivity index (χ4n) is 3.58. The van der Waals surface area contributed by atoms with Crippen molar-refractivity contribution in [3.63, 3.8) is 0 Å². The Labute approximate surface area is 146 Å². The van der Waals surface area contributed by atoms with Gasteiger partial charge in [-0.3, -0.25) is 4.79 Å². The van der Waals surface area contributed by atoms with Crippen LogP contribution in [0.2, 0.25) is 0 Å². The number of hydrogen-bond acceptors (Lipinski definition) is 6. The summed E-state index contributed by atoms with van der Waals surface area (Å²) >= 11 is 0. The van der Waals surface area contributed by atoms with Crippen molar-refractivity contribution < 1.29 is 27.9 Å². The SMILES string of the molecule is C[C@H](O)[C@@H]1C(=O)N2[C@@H](C(=O)OCc3ccccc3)C(C)(C)S(=O)(=O)[C@H]12. The lowest BCUT2D eigenvalue weighted by atomic mass is 9.88. The molecule has 2 fully saturated rings. The van der Waals surface area contributed by atoms with Crippen LogP contribution in [0.15, 0.2) is 30.3 Å². The highest BCUT2D eigenvalue weighted by molar-refractivity contribution is 7.93. The summed E-state index contributed by atoms with van der Waals surface area (Å²) in [6.07, 6.45) is -1.10. The Morgan fingerprint density at radius 2 is 1.92 bits per heavy atom. The summed E-state index contributed by atoms with van der Waals surface area (Å²) in [5.74, 6) is -2.32. The minimum Gasteiger partial charge on any atom is -0.459 e. The molecule has 25 heavy (non-hydrogen) atoms. The number of sulfone groups is 1. The third-order valence-corrected chi connectivity index (χ3v) is 7.92. The molecule has 1 aromatic rings. The molecule has 8 heteroatoms. The third-order valence-electron chi connectivity index (χ3n) is 5.08. The quantitative estimate of drug-likeness (QED) is 0.613. The van der Waals surface area contributed by atoms with Gasteiger partial charge in [0.1, 0.15) is 18.0 Å². The number of nitrogens with zero attached hydrogens (tertiary/aromatic N) is 1. The number of rotatable bonds is 4. The minimum atomic E-state index is -3.83. The summed E-state index contributed by atoms with van der Waals surface area (Å²) < 4.78 is 29.4. The van der Waals surface area contributed by atoms with Gasteiger partial charge in [0.25, 0.3) is 0 Å². The van der Waals surface area contributed by atoms with E-state index in [1.807, 2.05) is 6.07 Å². The molecule has 2 saturated heterocycles. The highest BCUT2D eigenvalue weighted by Gasteiger charge is 2.73. The van der Waals surface area contributed by atoms with E-state index in [-0.39, 0.29) is 6.61 Å². The maximum atomic E-state index is 12.8. The maximum absolute atomic E-state index is 12.8. The molecule has 3 rings (SSSR count). The number of carbonyl (C=O) groups is 2. The predicted molar refractivity (Wildman–Crippen MR) is 88.8 cm³/mol. The Morgan fingerprint density at radius 3 is 2.48 bits per heavy atom. The minimum absolute atomic E-state index is 0.00116. The number of benzene rings is 1. The van der Waals surface area contributed by atoms with Gasteiger partial charge in [0.2, 0.25) is 5.91 Å². The van der Waals surface area contributed by atoms with Gasteiger partial charge in [-0.2, -0.15) is 0 Å². The molecule has 0 aliphatic carbocycles. The van der Waals surface area contributed by atoms with E-state index in [0.29, 0.717) is 0 Å². The summed E-state index contributed by atoms with van der Waals surface area (Å²) in [5.41, 5.74) is 0.767. The Balaban J connectivity index is 1.86. The van der Waals surface area contributed by atoms with Crippen LogP contribution in [0.1, 0.15) is 26.3 Å². The van der Waals surface area contributed by atoms with Crippen molar-refractivity contribution in [1.29, 1.82) is 0 Å². The summed E-state index contributed by atoms with van der Waals surface area (Å²) in [5, 5.41) is 8.56. The van der Waals surface area contributed by atoms with Crippen molar-refractivity contribution in [3.8, 4) is 0 Å². The van der Waals surface area contributed by atoms with Crippen LogP contribution in [-0.4, -0.2) is 52.6 Å². The van der Waals surface area contributed by atoms with Gasteiger partial charge >= 0.3 is 5.97 Å². The van der Waals surface area contributed by atoms with Crippen LogP contribution in [0.5, 0.6) is 0 Å². The van der Waals surface area contributed by atoms with Gasteiger partial charge in [-0.25, -0.2) is 13.2 Å². The molecular formula is C17H21NO6S. The number of amides is 1. The van der Waals surface area contributed by atoms with Gasteiger partial charge in [-0.1, -0.05) is 30.3 Å². The van der Waals surface area contributed by atoms with Crippen LogP contribution in [0.25, 0.3) is 0 Å². The van der Waals surface area contributed by atoms with E-state index < -0.39 is 49.9 Å². The van der Waals surface area contributed by atoms with E-state index in [2.05, 4.69) is 0 Å². The first-order valence-corrected chi connectivity index (χ1v) is 9.59. The first-order valence-electron chi connectivity index (χ1n) is 8.05. The normalized spacial score (nSPS) is 30.3. The fraction of sp³-hybridized carbons (Fsp3) is 0.529. The summed E-state index contributed by atoms with van der Waals surface area (Å²) in [6.45, 7) is 4.21. The fourth-order valence-corrected chi connectivity index (χ4v) is 5.98. The summed E-state index contributed by atoms with van der Waals surface area (Å²) in [6, 6.07) is 7.78. The smallest absolute Gasteiger partial charge is 0.330 e. The molecule has 0 radical (unpaired) electrons. The van der Waals surface area contributed by atoms with Crippen molar-refractivity contribution in [2.45, 2.75) is 49.6 Å². The van der Waals surface area contributed by atoms with E-state index >= 15 is 0 Å². The van der Waals surface area contributed by atoms with Crippen LogP contribution in [-0.2, 0) is 30.8 Å². The second-order valence-corrected chi connectivity index (χ2v) is 9.67. The second kappa shape index (κ2) is 5.81. The molecule has 136 valence electrons. The Kier molecular flexibility index (Phi) is 4.15. The topological polar surface area (TPSA) is 101 Å². The number of fused-ring (bicyclic) bond motifs is 1. The summed E-state index contributed by atoms with van der Waals surface area (Å²) in [4.78, 5) is 26.0. The molecular weight excluding hydrogens is 346 g/mol. The van der Waals surface area contributed by atoms with Crippen LogP contribution in [0.4, 0.5) is 0 Å². The Bertz CT molecular complexity index is 802. The molecule has 1 N–H and O–H groups in total. The molecule has 2 aliphatic rings. The molecule has 2 heterocycles. The third kappa shape index (κ3) is 2.46. The standard InChI is InChI=1S/C17H21NO6S/c1-10(19)12-14(20)18-13(17(2,3)25(22,23)15(12)18)16(21)24-9-11-7-5-4-6-8-11/h4-8,10,12-13,15,19H,9H2,1-3H3/t10-,12+,13-,15+/m0/s1. The molecule has 0 unspecified atom stereocenters. The molecule has 4 atom stereocenters. The second-order valence-electron chi connectivity index (χ2n) is 7.05. The lowest BCUT2D eigenvalue weighted by Crippen LogP contribution is -2.66. The molecule has 0 saturated carbocycles. The van der Waals surface area contributed by atoms with Crippen LogP contribution in [0, 0.1) is 5.92 Å². The Hall–Kier alpha value is -1.93. The van der Waals surface area contributed by atoms with Crippen molar-refractivity contribution in [1.82, 2.24) is 4.90 Å². The van der Waals surface area contributed by atoms with Gasteiger partial charge in [-0.15, -0.1) is 0 Å². The monoisotopic (exact) mass is 367 g/mol. The lowest BCUT2D eigenvalue weighted by molar-refractivity contribution is -0.171. The van der Waals surface area contributed by atoms with Crippen LogP contribution in [0.3, 0.4) is 0 Å². The molecule has 0 aromatic heterocycles. The number of aliphatic hydroxyl groups excluding tert-OH is 1. The number of ether oxygens (including phenoxy) is 1. The van der Waals surface area contributed by atoms with Crippen molar-refractivity contribution in [2.75, 3.05) is 0 Å². The first kappa shape index (κ1) is 17.9. The van der Waals surface area contributed by atoms with E-state index in [0.717, 1.165) is 10.5 Å². The first-order chi connectivity index (χ1) is 11.6. The van der Waals surface area contributed by atoms with Gasteiger partial charge in [0, 0.05) is 0 Å². The predicted octanol–water partition coefficient (Wildman–Crippen LogP) is 0.471. The largest absolute Gasteiger partial charge is 0.459 e. The zero-order chi connectivity index (χ0) is 18.6. The van der Waals surface area contributed by atoms with E-state index in [9.17, 15) is 23.1 Å². The van der Waals surface area contributed by atoms with Crippen molar-refractivity contribution in [3.05, 3.63) is 35.9 Å². The lowest BCUT2D eigenvalue weighted by Gasteiger charge is -2.44. The van der Waals surface area contributed by atoms with Crippen LogP contribution < -0.4 is 0 Å². The number of hydrogen-bond donors (Lipinski definition) is 1. The van der Waals surface area contributed by atoms with E-state index in [1.54, 1.807) is 24.3 Å². The summed E-state index contributed by atoms with van der Waals surface area (Å²) in [7, 11) is -3.83. The highest BCUT2D eigenvalue weighted by atomic mass is 32.2. The number of carbonyl (C=O) groups excluding carboxylic acids is 2. The van der Waals surface area contributed by atoms with E-state index in [4.69, 9.17) is 4.74 Å². The molecule has 1 aromatic carbocycles. The molecule has 2 aliphatic heterocycles. The molecule has 1 amide bonds. The maximum Gasteiger partial charge on any atom is 0.330 e. The zero-order valence-corrected chi connectivity index (χ0v) is 15.1. The van der Waals surface area contributed by atoms with Crippen molar-refractivity contribution in [2.24, 2.45) is 5.92 Å². The number of esters is 1. The van der Waals surface area contributed by atoms with Crippen molar-refractivity contribution >= 4 is 21.7 Å². The van der Waals surface area contributed by atoms with Gasteiger partial charge in [0.05, 0.1) is 16.8 Å². The molecule has 0 spiro atoms. The highest BCUT2D eigenvalue weighted by Crippen LogP contribution is 2.49. The average molecular weight is 367 g/mol. The van der Waals surface area contributed by atoms with Crippen LogP contribution >= 0.6 is 0 Å². The molecule has 7 nitrogen and oxygen atoms in total. The number of aliphatic hydroxyl groups is 1. The van der Waals surface area contributed by atoms with E-state index in [1.165, 1.54) is 20.8 Å². The Morgan fingerprint density at radius 1 is 1.32 bits per heavy atom.